The van der Waals surface area contributed by atoms with Gasteiger partial charge in [-0.25, -0.2) is 0 Å². The summed E-state index contributed by atoms with van der Waals surface area (Å²) in [5, 5.41) is 3.38. The summed E-state index contributed by atoms with van der Waals surface area (Å²) in [6, 6.07) is 4.17. The molecule has 0 radical (unpaired) electrons. The first kappa shape index (κ1) is 14.2. The SMILES string of the molecule is COc1cc(OC)c(CCN2CCNCC2)cc1C. The maximum absolute atomic E-state index is 5.47. The zero-order valence-electron chi connectivity index (χ0n) is 12.2. The fourth-order valence-electron chi connectivity index (χ4n) is 2.55. The average molecular weight is 264 g/mol. The molecule has 0 aromatic heterocycles. The molecule has 2 rings (SSSR count). The molecule has 1 saturated heterocycles. The van der Waals surface area contributed by atoms with E-state index < -0.39 is 0 Å². The summed E-state index contributed by atoms with van der Waals surface area (Å²) in [5.41, 5.74) is 2.43. The van der Waals surface area contributed by atoms with E-state index in [1.165, 1.54) is 11.1 Å². The van der Waals surface area contributed by atoms with Gasteiger partial charge in [0.2, 0.25) is 0 Å². The number of rotatable bonds is 5. The summed E-state index contributed by atoms with van der Waals surface area (Å²) in [6.07, 6.45) is 1.02. The monoisotopic (exact) mass is 264 g/mol. The molecule has 4 heteroatoms. The Kier molecular flexibility index (Phi) is 5.05. The van der Waals surface area contributed by atoms with E-state index in [9.17, 15) is 0 Å². The van der Waals surface area contributed by atoms with Crippen LogP contribution in [0, 0.1) is 6.92 Å². The van der Waals surface area contributed by atoms with Crippen LogP contribution in [0.2, 0.25) is 0 Å². The molecule has 0 aliphatic carbocycles. The lowest BCUT2D eigenvalue weighted by Crippen LogP contribution is -2.44. The molecule has 19 heavy (non-hydrogen) atoms. The summed E-state index contributed by atoms with van der Waals surface area (Å²) in [7, 11) is 3.42. The highest BCUT2D eigenvalue weighted by molar-refractivity contribution is 5.46. The third-order valence-corrected chi connectivity index (χ3v) is 3.70. The molecule has 1 aliphatic heterocycles. The van der Waals surface area contributed by atoms with Crippen molar-refractivity contribution >= 4 is 0 Å². The van der Waals surface area contributed by atoms with Gasteiger partial charge in [-0.3, -0.25) is 0 Å². The van der Waals surface area contributed by atoms with Crippen molar-refractivity contribution in [2.24, 2.45) is 0 Å². The van der Waals surface area contributed by atoms with E-state index in [0.717, 1.165) is 50.6 Å². The highest BCUT2D eigenvalue weighted by atomic mass is 16.5. The predicted octanol–water partition coefficient (Wildman–Crippen LogP) is 1.46. The van der Waals surface area contributed by atoms with Crippen LogP contribution in [0.1, 0.15) is 11.1 Å². The third-order valence-electron chi connectivity index (χ3n) is 3.70. The lowest BCUT2D eigenvalue weighted by atomic mass is 10.1. The van der Waals surface area contributed by atoms with Gasteiger partial charge in [-0.15, -0.1) is 0 Å². The van der Waals surface area contributed by atoms with E-state index in [0.29, 0.717) is 0 Å². The number of aryl methyl sites for hydroxylation is 1. The van der Waals surface area contributed by atoms with Crippen LogP contribution in [-0.4, -0.2) is 51.8 Å². The Bertz CT molecular complexity index is 415. The van der Waals surface area contributed by atoms with Gasteiger partial charge in [-0.05, 0) is 30.5 Å². The minimum atomic E-state index is 0.891. The molecule has 0 spiro atoms. The maximum atomic E-state index is 5.47. The van der Waals surface area contributed by atoms with Crippen LogP contribution in [0.3, 0.4) is 0 Å². The van der Waals surface area contributed by atoms with E-state index in [2.05, 4.69) is 23.2 Å². The molecule has 1 fully saturated rings. The van der Waals surface area contributed by atoms with Gasteiger partial charge < -0.3 is 19.7 Å². The van der Waals surface area contributed by atoms with E-state index in [1.807, 2.05) is 6.07 Å². The number of piperazine rings is 1. The Hall–Kier alpha value is -1.26. The van der Waals surface area contributed by atoms with Crippen molar-refractivity contribution in [2.75, 3.05) is 46.9 Å². The van der Waals surface area contributed by atoms with Gasteiger partial charge in [-0.1, -0.05) is 0 Å². The summed E-state index contributed by atoms with van der Waals surface area (Å²) < 4.78 is 10.8. The van der Waals surface area contributed by atoms with Crippen molar-refractivity contribution in [3.63, 3.8) is 0 Å². The summed E-state index contributed by atoms with van der Waals surface area (Å²) in [6.45, 7) is 7.63. The predicted molar refractivity (Wildman–Crippen MR) is 77.3 cm³/mol. The Balaban J connectivity index is 2.04. The van der Waals surface area contributed by atoms with Gasteiger partial charge in [0.1, 0.15) is 11.5 Å². The fourth-order valence-corrected chi connectivity index (χ4v) is 2.55. The quantitative estimate of drug-likeness (QED) is 0.873. The number of benzene rings is 1. The van der Waals surface area contributed by atoms with E-state index in [4.69, 9.17) is 9.47 Å². The summed E-state index contributed by atoms with van der Waals surface area (Å²) >= 11 is 0. The van der Waals surface area contributed by atoms with Crippen molar-refractivity contribution < 1.29 is 9.47 Å². The third kappa shape index (κ3) is 3.61. The van der Waals surface area contributed by atoms with Crippen molar-refractivity contribution in [2.45, 2.75) is 13.3 Å². The first-order valence-electron chi connectivity index (χ1n) is 6.89. The Morgan fingerprint density at radius 3 is 2.42 bits per heavy atom. The molecule has 1 aliphatic rings. The first-order valence-corrected chi connectivity index (χ1v) is 6.89. The normalized spacial score (nSPS) is 16.4. The van der Waals surface area contributed by atoms with Crippen LogP contribution in [0.25, 0.3) is 0 Å². The van der Waals surface area contributed by atoms with Gasteiger partial charge in [0.25, 0.3) is 0 Å². The van der Waals surface area contributed by atoms with Crippen LogP contribution >= 0.6 is 0 Å². The molecule has 0 amide bonds. The second-order valence-electron chi connectivity index (χ2n) is 4.98. The molecule has 4 nitrogen and oxygen atoms in total. The number of hydrogen-bond donors (Lipinski definition) is 1. The maximum Gasteiger partial charge on any atom is 0.125 e. The molecular formula is C15H24N2O2. The van der Waals surface area contributed by atoms with Crippen LogP contribution < -0.4 is 14.8 Å². The lowest BCUT2D eigenvalue weighted by Gasteiger charge is -2.27. The zero-order chi connectivity index (χ0) is 13.7. The van der Waals surface area contributed by atoms with Crippen LogP contribution in [0.15, 0.2) is 12.1 Å². The molecule has 106 valence electrons. The molecule has 0 atom stereocenters. The Morgan fingerprint density at radius 1 is 1.11 bits per heavy atom. The van der Waals surface area contributed by atoms with Crippen LogP contribution in [0.4, 0.5) is 0 Å². The highest BCUT2D eigenvalue weighted by Crippen LogP contribution is 2.28. The van der Waals surface area contributed by atoms with E-state index in [1.54, 1.807) is 14.2 Å². The smallest absolute Gasteiger partial charge is 0.125 e. The highest BCUT2D eigenvalue weighted by Gasteiger charge is 2.12. The summed E-state index contributed by atoms with van der Waals surface area (Å²) in [4.78, 5) is 2.50. The molecule has 1 N–H and O–H groups in total. The van der Waals surface area contributed by atoms with Crippen LogP contribution in [0.5, 0.6) is 11.5 Å². The molecule has 0 bridgehead atoms. The van der Waals surface area contributed by atoms with Crippen molar-refractivity contribution in [3.8, 4) is 11.5 Å². The lowest BCUT2D eigenvalue weighted by molar-refractivity contribution is 0.243. The molecule has 1 heterocycles. The second-order valence-corrected chi connectivity index (χ2v) is 4.98. The molecule has 1 aromatic rings. The molecule has 0 saturated carbocycles. The molecule has 1 aromatic carbocycles. The molecular weight excluding hydrogens is 240 g/mol. The van der Waals surface area contributed by atoms with Crippen LogP contribution in [-0.2, 0) is 6.42 Å². The van der Waals surface area contributed by atoms with Gasteiger partial charge in [0.05, 0.1) is 14.2 Å². The molecule has 0 unspecified atom stereocenters. The Morgan fingerprint density at radius 2 is 1.79 bits per heavy atom. The second kappa shape index (κ2) is 6.78. The van der Waals surface area contributed by atoms with Gasteiger partial charge in [0.15, 0.2) is 0 Å². The van der Waals surface area contributed by atoms with E-state index >= 15 is 0 Å². The van der Waals surface area contributed by atoms with Crippen molar-refractivity contribution in [1.29, 1.82) is 0 Å². The van der Waals surface area contributed by atoms with Crippen molar-refractivity contribution in [1.82, 2.24) is 10.2 Å². The standard InChI is InChI=1S/C15H24N2O2/c1-12-10-13(15(19-3)11-14(12)18-2)4-7-17-8-5-16-6-9-17/h10-11,16H,4-9H2,1-3H3. The number of nitrogens with zero attached hydrogens (tertiary/aromatic N) is 1. The summed E-state index contributed by atoms with van der Waals surface area (Å²) in [5.74, 6) is 1.82. The number of hydrogen-bond acceptors (Lipinski definition) is 4. The number of ether oxygens (including phenoxy) is 2. The van der Waals surface area contributed by atoms with Crippen molar-refractivity contribution in [3.05, 3.63) is 23.3 Å². The first-order chi connectivity index (χ1) is 9.24. The average Bonchev–Trinajstić information content (AvgIpc) is 2.46. The van der Waals surface area contributed by atoms with Gasteiger partial charge in [-0.2, -0.15) is 0 Å². The zero-order valence-corrected chi connectivity index (χ0v) is 12.2. The topological polar surface area (TPSA) is 33.7 Å². The van der Waals surface area contributed by atoms with Gasteiger partial charge in [0, 0.05) is 38.8 Å². The number of methoxy groups -OCH3 is 2. The number of nitrogens with one attached hydrogen (secondary N) is 1. The van der Waals surface area contributed by atoms with Gasteiger partial charge >= 0.3 is 0 Å². The van der Waals surface area contributed by atoms with E-state index in [-0.39, 0.29) is 0 Å². The largest absolute Gasteiger partial charge is 0.496 e. The Labute approximate surface area is 115 Å². The fraction of sp³-hybridized carbons (Fsp3) is 0.600. The minimum absolute atomic E-state index is 0.891. The minimum Gasteiger partial charge on any atom is -0.496 e.